The van der Waals surface area contributed by atoms with E-state index in [1.54, 1.807) is 12.1 Å². The number of piperazine rings is 1. The van der Waals surface area contributed by atoms with Gasteiger partial charge in [0.2, 0.25) is 0 Å². The molecule has 0 spiro atoms. The van der Waals surface area contributed by atoms with Crippen molar-refractivity contribution in [1.82, 2.24) is 9.80 Å². The zero-order valence-corrected chi connectivity index (χ0v) is 12.2. The number of nitrogens with zero attached hydrogens (tertiary/aromatic N) is 3. The molecule has 1 aliphatic rings. The molecule has 1 aromatic carbocycles. The Balaban J connectivity index is 1.80. The van der Waals surface area contributed by atoms with Crippen molar-refractivity contribution in [2.45, 2.75) is 12.5 Å². The lowest BCUT2D eigenvalue weighted by atomic mass is 10.1. The average Bonchev–Trinajstić information content (AvgIpc) is 2.54. The largest absolute Gasteiger partial charge is 0.387 e. The molecule has 0 saturated carbocycles. The third kappa shape index (κ3) is 4.58. The van der Waals surface area contributed by atoms with Gasteiger partial charge >= 0.3 is 0 Å². The summed E-state index contributed by atoms with van der Waals surface area (Å²) in [5, 5.41) is 19.1. The minimum absolute atomic E-state index is 0.505. The van der Waals surface area contributed by atoms with Crippen LogP contribution in [0.25, 0.3) is 0 Å². The number of nitriles is 1. The molecule has 1 aromatic rings. The molecule has 2 rings (SSSR count). The highest BCUT2D eigenvalue weighted by Crippen LogP contribution is 2.16. The van der Waals surface area contributed by atoms with Crippen molar-refractivity contribution in [2.75, 3.05) is 39.3 Å². The number of terminal acetylenes is 1. The molecule has 0 bridgehead atoms. The molecule has 1 fully saturated rings. The van der Waals surface area contributed by atoms with Crippen molar-refractivity contribution in [1.29, 1.82) is 5.26 Å². The fourth-order valence-electron chi connectivity index (χ4n) is 2.55. The van der Waals surface area contributed by atoms with E-state index in [9.17, 15) is 5.11 Å². The monoisotopic (exact) mass is 283 g/mol. The zero-order chi connectivity index (χ0) is 15.1. The summed E-state index contributed by atoms with van der Waals surface area (Å²) in [5.74, 6) is 2.67. The first-order valence-electron chi connectivity index (χ1n) is 7.29. The van der Waals surface area contributed by atoms with Crippen LogP contribution in [-0.4, -0.2) is 54.2 Å². The molecule has 110 valence electrons. The van der Waals surface area contributed by atoms with Crippen molar-refractivity contribution < 1.29 is 5.11 Å². The molecule has 1 saturated heterocycles. The van der Waals surface area contributed by atoms with Crippen LogP contribution in [0.3, 0.4) is 0 Å². The van der Waals surface area contributed by atoms with Gasteiger partial charge in [0.05, 0.1) is 17.7 Å². The van der Waals surface area contributed by atoms with Crippen LogP contribution in [0.4, 0.5) is 0 Å². The number of hydrogen-bond donors (Lipinski definition) is 1. The molecular formula is C17H21N3O. The number of aliphatic hydroxyl groups is 1. The molecule has 1 N–H and O–H groups in total. The normalized spacial score (nSPS) is 17.9. The van der Waals surface area contributed by atoms with E-state index in [2.05, 4.69) is 21.8 Å². The fourth-order valence-corrected chi connectivity index (χ4v) is 2.55. The lowest BCUT2D eigenvalue weighted by molar-refractivity contribution is 0.0733. The van der Waals surface area contributed by atoms with Crippen molar-refractivity contribution in [3.8, 4) is 18.4 Å². The smallest absolute Gasteiger partial charge is 0.0991 e. The predicted octanol–water partition coefficient (Wildman–Crippen LogP) is 1.23. The predicted molar refractivity (Wildman–Crippen MR) is 82.4 cm³/mol. The highest BCUT2D eigenvalue weighted by atomic mass is 16.3. The Kier molecular flexibility index (Phi) is 5.78. The van der Waals surface area contributed by atoms with Gasteiger partial charge in [-0.25, -0.2) is 0 Å². The van der Waals surface area contributed by atoms with Gasteiger partial charge in [0.1, 0.15) is 0 Å². The van der Waals surface area contributed by atoms with Gasteiger partial charge in [-0.2, -0.15) is 5.26 Å². The summed E-state index contributed by atoms with van der Waals surface area (Å²) < 4.78 is 0. The van der Waals surface area contributed by atoms with Gasteiger partial charge in [-0.3, -0.25) is 9.80 Å². The van der Waals surface area contributed by atoms with Crippen LogP contribution in [-0.2, 0) is 0 Å². The summed E-state index contributed by atoms with van der Waals surface area (Å²) in [6.07, 6.45) is 5.58. The summed E-state index contributed by atoms with van der Waals surface area (Å²) >= 11 is 0. The van der Waals surface area contributed by atoms with Crippen LogP contribution in [0.15, 0.2) is 24.3 Å². The van der Waals surface area contributed by atoms with Crippen molar-refractivity contribution in [2.24, 2.45) is 0 Å². The molecule has 1 heterocycles. The molecule has 1 atom stereocenters. The zero-order valence-electron chi connectivity index (χ0n) is 12.2. The SMILES string of the molecule is C#CCCN1CCN(CC(O)c2ccc(C#N)cc2)CC1. The van der Waals surface area contributed by atoms with E-state index in [0.29, 0.717) is 12.1 Å². The molecule has 1 unspecified atom stereocenters. The molecule has 4 heteroatoms. The lowest BCUT2D eigenvalue weighted by Crippen LogP contribution is -2.47. The number of benzene rings is 1. The summed E-state index contributed by atoms with van der Waals surface area (Å²) in [4.78, 5) is 4.64. The first-order chi connectivity index (χ1) is 10.2. The first-order valence-corrected chi connectivity index (χ1v) is 7.29. The highest BCUT2D eigenvalue weighted by Gasteiger charge is 2.19. The van der Waals surface area contributed by atoms with Crippen LogP contribution in [0, 0.1) is 23.7 Å². The molecular weight excluding hydrogens is 262 g/mol. The van der Waals surface area contributed by atoms with E-state index in [-0.39, 0.29) is 0 Å². The van der Waals surface area contributed by atoms with E-state index in [1.165, 1.54) is 0 Å². The summed E-state index contributed by atoms with van der Waals surface area (Å²) in [5.41, 5.74) is 1.48. The third-order valence-electron chi connectivity index (χ3n) is 3.89. The Morgan fingerprint density at radius 2 is 1.76 bits per heavy atom. The molecule has 0 amide bonds. The Labute approximate surface area is 126 Å². The summed E-state index contributed by atoms with van der Waals surface area (Å²) in [6, 6.07) is 9.23. The standard InChI is InChI=1S/C17H21N3O/c1-2-3-8-19-9-11-20(12-10-19)14-17(21)16-6-4-15(13-18)5-7-16/h1,4-7,17,21H,3,8-12,14H2. The van der Waals surface area contributed by atoms with Crippen LogP contribution in [0.5, 0.6) is 0 Å². The Morgan fingerprint density at radius 1 is 1.14 bits per heavy atom. The van der Waals surface area contributed by atoms with Gasteiger partial charge in [0, 0.05) is 45.7 Å². The van der Waals surface area contributed by atoms with Gasteiger partial charge in [-0.1, -0.05) is 12.1 Å². The number of β-amino-alcohol motifs (C(OH)–C–C–N with tert-alkyl or cyclic N) is 1. The maximum absolute atomic E-state index is 10.3. The topological polar surface area (TPSA) is 50.5 Å². The second kappa shape index (κ2) is 7.81. The van der Waals surface area contributed by atoms with E-state index >= 15 is 0 Å². The quantitative estimate of drug-likeness (QED) is 0.826. The second-order valence-electron chi connectivity index (χ2n) is 5.35. The van der Waals surface area contributed by atoms with Gasteiger partial charge in [0.25, 0.3) is 0 Å². The first kappa shape index (κ1) is 15.5. The maximum Gasteiger partial charge on any atom is 0.0991 e. The van der Waals surface area contributed by atoms with Gasteiger partial charge in [-0.15, -0.1) is 12.3 Å². The van der Waals surface area contributed by atoms with Crippen LogP contribution in [0.2, 0.25) is 0 Å². The van der Waals surface area contributed by atoms with Crippen LogP contribution < -0.4 is 0 Å². The molecule has 4 nitrogen and oxygen atoms in total. The van der Waals surface area contributed by atoms with E-state index in [4.69, 9.17) is 11.7 Å². The minimum Gasteiger partial charge on any atom is -0.387 e. The minimum atomic E-state index is -0.505. The lowest BCUT2D eigenvalue weighted by Gasteiger charge is -2.35. The van der Waals surface area contributed by atoms with E-state index < -0.39 is 6.10 Å². The van der Waals surface area contributed by atoms with Crippen LogP contribution in [0.1, 0.15) is 23.7 Å². The van der Waals surface area contributed by atoms with Gasteiger partial charge < -0.3 is 5.11 Å². The summed E-state index contributed by atoms with van der Waals surface area (Å²) in [6.45, 7) is 5.51. The molecule has 0 aliphatic carbocycles. The number of rotatable bonds is 5. The third-order valence-corrected chi connectivity index (χ3v) is 3.89. The molecule has 0 radical (unpaired) electrons. The van der Waals surface area contributed by atoms with Gasteiger partial charge in [-0.05, 0) is 17.7 Å². The van der Waals surface area contributed by atoms with E-state index in [1.807, 2.05) is 12.1 Å². The summed E-state index contributed by atoms with van der Waals surface area (Å²) in [7, 11) is 0. The fraction of sp³-hybridized carbons (Fsp3) is 0.471. The Bertz CT molecular complexity index is 518. The highest BCUT2D eigenvalue weighted by molar-refractivity contribution is 5.32. The maximum atomic E-state index is 10.3. The van der Waals surface area contributed by atoms with Gasteiger partial charge in [0.15, 0.2) is 0 Å². The molecule has 1 aliphatic heterocycles. The second-order valence-corrected chi connectivity index (χ2v) is 5.35. The molecule has 21 heavy (non-hydrogen) atoms. The average molecular weight is 283 g/mol. The Hall–Kier alpha value is -1.85. The van der Waals surface area contributed by atoms with Crippen molar-refractivity contribution >= 4 is 0 Å². The van der Waals surface area contributed by atoms with Crippen LogP contribution >= 0.6 is 0 Å². The van der Waals surface area contributed by atoms with Crippen molar-refractivity contribution in [3.63, 3.8) is 0 Å². The molecule has 0 aromatic heterocycles. The number of aliphatic hydroxyl groups excluding tert-OH is 1. The Morgan fingerprint density at radius 3 is 2.33 bits per heavy atom. The van der Waals surface area contributed by atoms with Crippen molar-refractivity contribution in [3.05, 3.63) is 35.4 Å². The van der Waals surface area contributed by atoms with E-state index in [0.717, 1.165) is 44.7 Å². The number of hydrogen-bond acceptors (Lipinski definition) is 4.